The Hall–Kier alpha value is -1.10. The molecule has 0 aliphatic heterocycles. The van der Waals surface area contributed by atoms with Crippen LogP contribution in [0.5, 0.6) is 0 Å². The summed E-state index contributed by atoms with van der Waals surface area (Å²) in [6.45, 7) is 6.31. The van der Waals surface area contributed by atoms with E-state index in [4.69, 9.17) is 0 Å². The van der Waals surface area contributed by atoms with Gasteiger partial charge in [0.15, 0.2) is 11.4 Å². The molecule has 0 fully saturated rings. The fourth-order valence-corrected chi connectivity index (χ4v) is 1.40. The number of anilines is 1. The van der Waals surface area contributed by atoms with Crippen LogP contribution in [0.2, 0.25) is 0 Å². The average Bonchev–Trinajstić information content (AvgIpc) is 2.28. The highest BCUT2D eigenvalue weighted by Crippen LogP contribution is 2.17. The van der Waals surface area contributed by atoms with E-state index < -0.39 is 0 Å². The minimum Gasteiger partial charge on any atom is -0.367 e. The van der Waals surface area contributed by atoms with Gasteiger partial charge in [-0.1, -0.05) is 25.6 Å². The number of aromatic nitrogens is 2. The van der Waals surface area contributed by atoms with Gasteiger partial charge in [0.05, 0.1) is 5.56 Å². The molecule has 0 saturated carbocycles. The third-order valence-corrected chi connectivity index (χ3v) is 3.03. The molecule has 4 nitrogen and oxygen atoms in total. The summed E-state index contributed by atoms with van der Waals surface area (Å²) in [4.78, 5) is 19.2. The van der Waals surface area contributed by atoms with Crippen LogP contribution in [0.3, 0.4) is 0 Å². The summed E-state index contributed by atoms with van der Waals surface area (Å²) in [5.41, 5.74) is 0.505. The van der Waals surface area contributed by atoms with Gasteiger partial charge in [-0.15, -0.1) is 0 Å². The van der Waals surface area contributed by atoms with E-state index in [-0.39, 0.29) is 6.04 Å². The minimum atomic E-state index is 0.267. The van der Waals surface area contributed by atoms with Crippen molar-refractivity contribution in [3.8, 4) is 0 Å². The smallest absolute Gasteiger partial charge is 0.189 e. The van der Waals surface area contributed by atoms with Crippen molar-refractivity contribution in [1.82, 2.24) is 9.97 Å². The topological polar surface area (TPSA) is 54.9 Å². The number of nitrogens with zero attached hydrogens (tertiary/aromatic N) is 2. The largest absolute Gasteiger partial charge is 0.367 e. The van der Waals surface area contributed by atoms with E-state index in [0.717, 1.165) is 6.29 Å². The van der Waals surface area contributed by atoms with Gasteiger partial charge >= 0.3 is 0 Å². The van der Waals surface area contributed by atoms with E-state index >= 15 is 0 Å². The minimum absolute atomic E-state index is 0.267. The number of carbonyl (C=O) groups excluding carboxylic acids is 1. The lowest BCUT2D eigenvalue weighted by Crippen LogP contribution is -2.23. The van der Waals surface area contributed by atoms with Crippen molar-refractivity contribution in [2.45, 2.75) is 32.0 Å². The van der Waals surface area contributed by atoms with Crippen LogP contribution in [0.1, 0.15) is 31.1 Å². The summed E-state index contributed by atoms with van der Waals surface area (Å²) >= 11 is 1.46. The molecule has 0 bridgehead atoms. The van der Waals surface area contributed by atoms with Crippen LogP contribution >= 0.6 is 11.8 Å². The van der Waals surface area contributed by atoms with Gasteiger partial charge in [0, 0.05) is 12.2 Å². The maximum absolute atomic E-state index is 10.9. The molecule has 1 atom stereocenters. The van der Waals surface area contributed by atoms with Gasteiger partial charge in [-0.3, -0.25) is 4.79 Å². The first-order valence-corrected chi connectivity index (χ1v) is 6.43. The zero-order chi connectivity index (χ0) is 12.1. The molecule has 0 aliphatic rings. The van der Waals surface area contributed by atoms with Crippen molar-refractivity contribution in [3.05, 3.63) is 11.8 Å². The quantitative estimate of drug-likeness (QED) is 0.486. The lowest BCUT2D eigenvalue weighted by molar-refractivity contribution is 0.112. The molecule has 1 heterocycles. The van der Waals surface area contributed by atoms with Gasteiger partial charge in [0.2, 0.25) is 0 Å². The number of carbonyl (C=O) groups is 1. The first-order chi connectivity index (χ1) is 7.58. The Morgan fingerprint density at radius 2 is 2.12 bits per heavy atom. The van der Waals surface area contributed by atoms with Gasteiger partial charge in [0.25, 0.3) is 0 Å². The summed E-state index contributed by atoms with van der Waals surface area (Å²) in [6.07, 6.45) is 4.24. The van der Waals surface area contributed by atoms with E-state index in [0.29, 0.717) is 22.5 Å². The molecule has 0 radical (unpaired) electrons. The Morgan fingerprint density at radius 1 is 1.44 bits per heavy atom. The monoisotopic (exact) mass is 239 g/mol. The normalized spacial score (nSPS) is 12.6. The maximum Gasteiger partial charge on any atom is 0.189 e. The van der Waals surface area contributed by atoms with Crippen molar-refractivity contribution >= 4 is 23.9 Å². The zero-order valence-corrected chi connectivity index (χ0v) is 10.8. The van der Waals surface area contributed by atoms with Crippen LogP contribution in [0.15, 0.2) is 11.4 Å². The maximum atomic E-state index is 10.9. The van der Waals surface area contributed by atoms with Crippen molar-refractivity contribution in [1.29, 1.82) is 0 Å². The second-order valence-corrected chi connectivity index (χ2v) is 4.73. The van der Waals surface area contributed by atoms with Gasteiger partial charge < -0.3 is 5.32 Å². The van der Waals surface area contributed by atoms with Crippen LogP contribution in [-0.4, -0.2) is 28.6 Å². The highest BCUT2D eigenvalue weighted by atomic mass is 32.2. The molecular formula is C11H17N3OS. The van der Waals surface area contributed by atoms with Crippen molar-refractivity contribution < 1.29 is 4.79 Å². The summed E-state index contributed by atoms with van der Waals surface area (Å²) in [6, 6.07) is 0.267. The predicted octanol–water partition coefficient (Wildman–Crippen LogP) is 2.47. The number of nitrogens with one attached hydrogen (secondary N) is 1. The Kier molecular flexibility index (Phi) is 4.73. The number of hydrogen-bond acceptors (Lipinski definition) is 5. The lowest BCUT2D eigenvalue weighted by Gasteiger charge is -2.19. The Labute approximate surface area is 100 Å². The molecule has 1 N–H and O–H groups in total. The highest BCUT2D eigenvalue weighted by molar-refractivity contribution is 7.98. The molecule has 88 valence electrons. The molecule has 1 aromatic rings. The van der Waals surface area contributed by atoms with Crippen LogP contribution in [0, 0.1) is 5.92 Å². The van der Waals surface area contributed by atoms with E-state index in [1.165, 1.54) is 11.8 Å². The Balaban J connectivity index is 2.95. The van der Waals surface area contributed by atoms with Crippen LogP contribution in [-0.2, 0) is 0 Å². The van der Waals surface area contributed by atoms with Gasteiger partial charge in [0.1, 0.15) is 5.82 Å². The molecule has 0 saturated heterocycles. The summed E-state index contributed by atoms with van der Waals surface area (Å²) in [5.74, 6) is 1.10. The standard InChI is InChI=1S/C11H17N3OS/c1-7(2)8(3)13-10-9(6-15)5-12-11(14-10)16-4/h5-8H,1-4H3,(H,12,13,14)/t8-/m0/s1. The molecule has 1 rings (SSSR count). The van der Waals surface area contributed by atoms with Gasteiger partial charge in [-0.25, -0.2) is 9.97 Å². The SMILES string of the molecule is CSc1ncc(C=O)c(N[C@@H](C)C(C)C)n1. The lowest BCUT2D eigenvalue weighted by atomic mass is 10.1. The number of rotatable bonds is 5. The molecule has 0 spiro atoms. The van der Waals surface area contributed by atoms with E-state index in [9.17, 15) is 4.79 Å². The fraction of sp³-hybridized carbons (Fsp3) is 0.545. The molecule has 0 aliphatic carbocycles. The molecule has 0 aromatic carbocycles. The number of aldehydes is 1. The van der Waals surface area contributed by atoms with Gasteiger partial charge in [-0.2, -0.15) is 0 Å². The zero-order valence-electron chi connectivity index (χ0n) is 10.0. The van der Waals surface area contributed by atoms with E-state index in [2.05, 4.69) is 36.1 Å². The first kappa shape index (κ1) is 13.0. The Morgan fingerprint density at radius 3 is 2.62 bits per heavy atom. The molecule has 0 amide bonds. The predicted molar refractivity (Wildman–Crippen MR) is 67.1 cm³/mol. The second kappa shape index (κ2) is 5.84. The first-order valence-electron chi connectivity index (χ1n) is 5.21. The fourth-order valence-electron chi connectivity index (χ4n) is 1.06. The summed E-state index contributed by atoms with van der Waals surface area (Å²) in [5, 5.41) is 3.91. The second-order valence-electron chi connectivity index (χ2n) is 3.96. The van der Waals surface area contributed by atoms with Crippen LogP contribution < -0.4 is 5.32 Å². The highest BCUT2D eigenvalue weighted by Gasteiger charge is 2.11. The Bertz CT molecular complexity index is 368. The molecule has 0 unspecified atom stereocenters. The third-order valence-electron chi connectivity index (χ3n) is 2.47. The van der Waals surface area contributed by atoms with Crippen LogP contribution in [0.4, 0.5) is 5.82 Å². The molecule has 16 heavy (non-hydrogen) atoms. The molecule has 1 aromatic heterocycles. The van der Waals surface area contributed by atoms with E-state index in [1.54, 1.807) is 6.20 Å². The van der Waals surface area contributed by atoms with Gasteiger partial charge in [-0.05, 0) is 19.1 Å². The van der Waals surface area contributed by atoms with Crippen molar-refractivity contribution in [3.63, 3.8) is 0 Å². The van der Waals surface area contributed by atoms with Crippen LogP contribution in [0.25, 0.3) is 0 Å². The third kappa shape index (κ3) is 3.20. The number of thioether (sulfide) groups is 1. The molecular weight excluding hydrogens is 222 g/mol. The average molecular weight is 239 g/mol. The number of hydrogen-bond donors (Lipinski definition) is 1. The van der Waals surface area contributed by atoms with Crippen molar-refractivity contribution in [2.75, 3.05) is 11.6 Å². The summed E-state index contributed by atoms with van der Waals surface area (Å²) < 4.78 is 0. The summed E-state index contributed by atoms with van der Waals surface area (Å²) in [7, 11) is 0. The van der Waals surface area contributed by atoms with Crippen molar-refractivity contribution in [2.24, 2.45) is 5.92 Å². The van der Waals surface area contributed by atoms with E-state index in [1.807, 2.05) is 6.26 Å². The molecule has 5 heteroatoms.